The lowest BCUT2D eigenvalue weighted by atomic mass is 9.93. The summed E-state index contributed by atoms with van der Waals surface area (Å²) in [4.78, 5) is 49.9. The van der Waals surface area contributed by atoms with Gasteiger partial charge < -0.3 is 15.4 Å². The molecule has 0 aromatic carbocycles. The average Bonchev–Trinajstić information content (AvgIpc) is 3.93. The van der Waals surface area contributed by atoms with Crippen LogP contribution in [0.1, 0.15) is 78.6 Å². The molecule has 0 radical (unpaired) electrons. The average molecular weight is 741 g/mol. The number of carbonyl (C=O) groups is 2. The van der Waals surface area contributed by atoms with E-state index >= 15 is 0 Å². The molecule has 0 aliphatic carbocycles. The molecule has 2 amide bonds. The van der Waals surface area contributed by atoms with Crippen LogP contribution in [0, 0.1) is 0 Å². The first-order valence-corrected chi connectivity index (χ1v) is 18.2. The first-order chi connectivity index (χ1) is 25.7. The van der Waals surface area contributed by atoms with Crippen LogP contribution in [-0.2, 0) is 31.0 Å². The number of fused-ring (bicyclic) bond motifs is 2. The number of rotatable bonds is 11. The van der Waals surface area contributed by atoms with Crippen molar-refractivity contribution in [3.63, 3.8) is 0 Å². The highest BCUT2D eigenvalue weighted by molar-refractivity contribution is 5.89. The van der Waals surface area contributed by atoms with Crippen LogP contribution in [0.15, 0.2) is 66.0 Å². The molecule has 16 heteroatoms. The molecule has 16 nitrogen and oxygen atoms in total. The molecule has 0 atom stereocenters. The summed E-state index contributed by atoms with van der Waals surface area (Å²) in [6.07, 6.45) is 10.6. The van der Waals surface area contributed by atoms with E-state index in [-0.39, 0.29) is 22.9 Å². The van der Waals surface area contributed by atoms with E-state index in [1.807, 2.05) is 27.8 Å². The lowest BCUT2D eigenvalue weighted by Gasteiger charge is -2.14. The van der Waals surface area contributed by atoms with Gasteiger partial charge in [0, 0.05) is 68.8 Å². The highest BCUT2D eigenvalue weighted by atomic mass is 16.5. The van der Waals surface area contributed by atoms with Crippen LogP contribution >= 0.6 is 0 Å². The molecule has 2 N–H and O–H groups in total. The number of hydrogen-bond acceptors (Lipinski definition) is 9. The molecule has 288 valence electrons. The van der Waals surface area contributed by atoms with Crippen molar-refractivity contribution in [2.45, 2.75) is 91.1 Å². The molecule has 6 aromatic rings. The summed E-state index contributed by atoms with van der Waals surface area (Å²) in [5.41, 5.74) is 3.96. The van der Waals surface area contributed by atoms with E-state index in [4.69, 9.17) is 4.74 Å². The largest absolute Gasteiger partial charge is 0.468 e. The summed E-state index contributed by atoms with van der Waals surface area (Å²) in [5.74, 6) is 0. The maximum atomic E-state index is 12.5. The van der Waals surface area contributed by atoms with Gasteiger partial charge in [0.1, 0.15) is 5.52 Å². The van der Waals surface area contributed by atoms with Crippen LogP contribution in [-0.4, -0.2) is 80.5 Å². The van der Waals surface area contributed by atoms with Gasteiger partial charge >= 0.3 is 23.8 Å². The number of hydrogen-bond donors (Lipinski definition) is 2. The Hall–Kier alpha value is -5.80. The van der Waals surface area contributed by atoms with Crippen molar-refractivity contribution in [3.05, 3.63) is 83.1 Å². The summed E-state index contributed by atoms with van der Waals surface area (Å²) >= 11 is 0. The monoisotopic (exact) mass is 740 g/mol. The van der Waals surface area contributed by atoms with Gasteiger partial charge in [-0.1, -0.05) is 41.5 Å². The number of imidazole rings is 2. The first-order valence-electron chi connectivity index (χ1n) is 18.2. The standard InChI is InChI=1S/2C19H26N6O2/c1-19(2,3)15-9-13-24(22-15)12-6-5-10-21-17(26)25-16-14(8-7-11-20-16)23(4)18(25)27;1-19(2,3)15-9-13-24(23-15)12-6-5-10-21-17(26)25-16-14(8-7-11-20-16)22-18(25)27-4/h2*7-9,11,13H,5-6,10,12H2,1-4H3,(H,21,26). The Morgan fingerprint density at radius 1 is 0.722 bits per heavy atom. The van der Waals surface area contributed by atoms with E-state index in [2.05, 4.69) is 83.4 Å². The summed E-state index contributed by atoms with van der Waals surface area (Å²) in [6.45, 7) is 15.5. The number of carbonyl (C=O) groups excluding carboxylic acids is 2. The van der Waals surface area contributed by atoms with E-state index in [1.165, 1.54) is 16.2 Å². The van der Waals surface area contributed by atoms with E-state index in [9.17, 15) is 14.4 Å². The second-order valence-corrected chi connectivity index (χ2v) is 15.1. The minimum absolute atomic E-state index is 0.0407. The maximum absolute atomic E-state index is 12.5. The Bertz CT molecular complexity index is 2240. The normalized spacial score (nSPS) is 11.8. The Morgan fingerprint density at radius 2 is 1.24 bits per heavy atom. The number of nitrogens with zero attached hydrogens (tertiary/aromatic N) is 10. The topological polar surface area (TPSA) is 174 Å². The van der Waals surface area contributed by atoms with Crippen molar-refractivity contribution in [3.8, 4) is 6.01 Å². The number of pyridine rings is 2. The first kappa shape index (κ1) is 39.4. The third kappa shape index (κ3) is 9.40. The van der Waals surface area contributed by atoms with E-state index < -0.39 is 11.7 Å². The number of methoxy groups -OCH3 is 1. The Morgan fingerprint density at radius 3 is 1.76 bits per heavy atom. The molecule has 6 heterocycles. The molecular weight excluding hydrogens is 688 g/mol. The maximum Gasteiger partial charge on any atom is 0.338 e. The highest BCUT2D eigenvalue weighted by Crippen LogP contribution is 2.21. The van der Waals surface area contributed by atoms with Gasteiger partial charge in [-0.2, -0.15) is 24.3 Å². The Kier molecular flexibility index (Phi) is 12.3. The predicted octanol–water partition coefficient (Wildman–Crippen LogP) is 5.24. The van der Waals surface area contributed by atoms with Gasteiger partial charge in [-0.05, 0) is 62.1 Å². The second-order valence-electron chi connectivity index (χ2n) is 15.1. The summed E-state index contributed by atoms with van der Waals surface area (Å²) in [6, 6.07) is 10.7. The number of ether oxygens (including phenoxy) is 1. The third-order valence-electron chi connectivity index (χ3n) is 8.79. The molecule has 0 unspecified atom stereocenters. The number of amides is 2. The van der Waals surface area contributed by atoms with Crippen molar-refractivity contribution >= 4 is 34.4 Å². The van der Waals surface area contributed by atoms with E-state index in [0.717, 1.165) is 54.7 Å². The van der Waals surface area contributed by atoms with E-state index in [1.54, 1.807) is 43.7 Å². The van der Waals surface area contributed by atoms with Crippen LogP contribution in [0.3, 0.4) is 0 Å². The fourth-order valence-corrected chi connectivity index (χ4v) is 5.68. The molecule has 54 heavy (non-hydrogen) atoms. The lowest BCUT2D eigenvalue weighted by Crippen LogP contribution is -2.37. The number of nitrogens with one attached hydrogen (secondary N) is 2. The quantitative estimate of drug-likeness (QED) is 0.169. The van der Waals surface area contributed by atoms with Gasteiger partial charge in [0.15, 0.2) is 11.3 Å². The van der Waals surface area contributed by atoms with E-state index in [0.29, 0.717) is 35.4 Å². The van der Waals surface area contributed by atoms with Crippen molar-refractivity contribution in [1.29, 1.82) is 0 Å². The SMILES string of the molecule is COc1nc2cccnc2n1C(=O)NCCCCn1ccc(C(C)(C)C)n1.Cn1c(=O)n(C(=O)NCCCCn2ccc(C(C)(C)C)n2)c2ncccc21. The van der Waals surface area contributed by atoms with Crippen molar-refractivity contribution in [2.24, 2.45) is 7.05 Å². The van der Waals surface area contributed by atoms with Crippen LogP contribution in [0.5, 0.6) is 6.01 Å². The van der Waals surface area contributed by atoms with Crippen LogP contribution in [0.25, 0.3) is 22.3 Å². The van der Waals surface area contributed by atoms with Gasteiger partial charge in [-0.15, -0.1) is 0 Å². The van der Waals surface area contributed by atoms with Gasteiger partial charge in [0.05, 0.1) is 24.0 Å². The Balaban J connectivity index is 0.000000208. The Labute approximate surface area is 314 Å². The number of aryl methyl sites for hydroxylation is 3. The molecule has 6 rings (SSSR count). The van der Waals surface area contributed by atoms with Crippen molar-refractivity contribution in [1.82, 2.24) is 58.8 Å². The zero-order valence-electron chi connectivity index (χ0n) is 32.5. The molecule has 6 aromatic heterocycles. The van der Waals surface area contributed by atoms with Gasteiger partial charge in [-0.25, -0.2) is 24.4 Å². The third-order valence-corrected chi connectivity index (χ3v) is 8.79. The van der Waals surface area contributed by atoms with Crippen LogP contribution < -0.4 is 21.1 Å². The fraction of sp³-hybridized carbons (Fsp3) is 0.474. The van der Waals surface area contributed by atoms with Crippen molar-refractivity contribution in [2.75, 3.05) is 20.2 Å². The molecule has 0 aliphatic heterocycles. The summed E-state index contributed by atoms with van der Waals surface area (Å²) < 4.78 is 13.0. The molecular formula is C38H52N12O4. The van der Waals surface area contributed by atoms with Crippen molar-refractivity contribution < 1.29 is 14.3 Å². The second kappa shape index (κ2) is 16.9. The minimum Gasteiger partial charge on any atom is -0.468 e. The summed E-state index contributed by atoms with van der Waals surface area (Å²) in [7, 11) is 3.12. The number of aromatic nitrogens is 10. The lowest BCUT2D eigenvalue weighted by molar-refractivity contribution is 0.238. The fourth-order valence-electron chi connectivity index (χ4n) is 5.68. The highest BCUT2D eigenvalue weighted by Gasteiger charge is 2.20. The van der Waals surface area contributed by atoms with Crippen LogP contribution in [0.2, 0.25) is 0 Å². The molecule has 0 aliphatic rings. The minimum atomic E-state index is -0.446. The molecule has 0 fully saturated rings. The zero-order valence-corrected chi connectivity index (χ0v) is 32.5. The molecule has 0 bridgehead atoms. The molecule has 0 saturated carbocycles. The zero-order chi connectivity index (χ0) is 39.0. The number of unbranched alkanes of at least 4 members (excludes halogenated alkanes) is 2. The van der Waals surface area contributed by atoms with Gasteiger partial charge in [-0.3, -0.25) is 13.9 Å². The summed E-state index contributed by atoms with van der Waals surface area (Å²) in [5, 5.41) is 14.9. The van der Waals surface area contributed by atoms with Gasteiger partial charge in [0.25, 0.3) is 0 Å². The predicted molar refractivity (Wildman–Crippen MR) is 207 cm³/mol. The van der Waals surface area contributed by atoms with Gasteiger partial charge in [0.2, 0.25) is 0 Å². The van der Waals surface area contributed by atoms with Crippen LogP contribution in [0.4, 0.5) is 9.59 Å². The molecule has 0 saturated heterocycles. The molecule has 0 spiro atoms. The smallest absolute Gasteiger partial charge is 0.338 e.